The molecule has 1 aromatic heterocycles. The molecule has 0 spiro atoms. The molecular formula is C16H24ClN3S. The molecule has 2 heterocycles. The van der Waals surface area contributed by atoms with Crippen LogP contribution in [0, 0.1) is 6.92 Å². The van der Waals surface area contributed by atoms with Gasteiger partial charge in [-0.15, -0.1) is 23.7 Å². The number of halogens is 1. The summed E-state index contributed by atoms with van der Waals surface area (Å²) in [4.78, 5) is 7.09. The first-order valence-electron chi connectivity index (χ1n) is 7.49. The second-order valence-corrected chi connectivity index (χ2v) is 7.16. The molecule has 0 amide bonds. The van der Waals surface area contributed by atoms with Gasteiger partial charge in [-0.05, 0) is 50.9 Å². The van der Waals surface area contributed by atoms with Crippen LogP contribution < -0.4 is 5.73 Å². The molecule has 116 valence electrons. The summed E-state index contributed by atoms with van der Waals surface area (Å²) in [6.07, 6.45) is 3.85. The van der Waals surface area contributed by atoms with Crippen LogP contribution in [-0.2, 0) is 6.54 Å². The third-order valence-corrected chi connectivity index (χ3v) is 5.15. The Bertz CT molecular complexity index is 596. The Morgan fingerprint density at radius 3 is 3.00 bits per heavy atom. The lowest BCUT2D eigenvalue weighted by atomic mass is 9.96. The van der Waals surface area contributed by atoms with Gasteiger partial charge in [0, 0.05) is 18.6 Å². The topological polar surface area (TPSA) is 42.2 Å². The number of aromatic nitrogens is 1. The van der Waals surface area contributed by atoms with Gasteiger partial charge in [-0.3, -0.25) is 4.90 Å². The van der Waals surface area contributed by atoms with Crippen LogP contribution in [0.5, 0.6) is 0 Å². The van der Waals surface area contributed by atoms with E-state index in [1.54, 1.807) is 11.3 Å². The highest BCUT2D eigenvalue weighted by atomic mass is 35.5. The molecule has 1 aliphatic rings. The standard InChI is InChI=1S/C16H23N3S.ClH/c1-11(17)15-5-3-4-8-19(15)10-13-6-7-14-16(9-13)20-12(2)18-14;/h6-7,9,11,15H,3-5,8,10,17H2,1-2H3;1H. The molecular weight excluding hydrogens is 302 g/mol. The van der Waals surface area contributed by atoms with Gasteiger partial charge in [-0.25, -0.2) is 4.98 Å². The summed E-state index contributed by atoms with van der Waals surface area (Å²) in [5.41, 5.74) is 8.66. The first-order chi connectivity index (χ1) is 9.63. The summed E-state index contributed by atoms with van der Waals surface area (Å²) in [6.45, 7) is 6.39. The molecule has 0 saturated carbocycles. The zero-order valence-electron chi connectivity index (χ0n) is 12.7. The van der Waals surface area contributed by atoms with Gasteiger partial charge in [0.1, 0.15) is 0 Å². The van der Waals surface area contributed by atoms with Crippen LogP contribution >= 0.6 is 23.7 Å². The minimum atomic E-state index is 0. The predicted octanol–water partition coefficient (Wildman–Crippen LogP) is 3.73. The molecule has 3 nitrogen and oxygen atoms in total. The van der Waals surface area contributed by atoms with Gasteiger partial charge in [0.05, 0.1) is 15.2 Å². The van der Waals surface area contributed by atoms with Crippen LogP contribution in [0.4, 0.5) is 0 Å². The van der Waals surface area contributed by atoms with Gasteiger partial charge < -0.3 is 5.73 Å². The van der Waals surface area contributed by atoms with Crippen molar-refractivity contribution in [3.05, 3.63) is 28.8 Å². The summed E-state index contributed by atoms with van der Waals surface area (Å²) in [5.74, 6) is 0. The average Bonchev–Trinajstić information content (AvgIpc) is 2.78. The molecule has 2 atom stereocenters. The maximum Gasteiger partial charge on any atom is 0.0907 e. The third-order valence-electron chi connectivity index (χ3n) is 4.22. The van der Waals surface area contributed by atoms with Gasteiger partial charge in [-0.1, -0.05) is 12.5 Å². The lowest BCUT2D eigenvalue weighted by Gasteiger charge is -2.38. The fraction of sp³-hybridized carbons (Fsp3) is 0.562. The molecule has 21 heavy (non-hydrogen) atoms. The van der Waals surface area contributed by atoms with E-state index in [9.17, 15) is 0 Å². The van der Waals surface area contributed by atoms with Crippen molar-refractivity contribution in [2.45, 2.75) is 51.7 Å². The zero-order valence-corrected chi connectivity index (χ0v) is 14.3. The molecule has 5 heteroatoms. The highest BCUT2D eigenvalue weighted by molar-refractivity contribution is 7.18. The second-order valence-electron chi connectivity index (χ2n) is 5.93. The molecule has 2 unspecified atom stereocenters. The summed E-state index contributed by atoms with van der Waals surface area (Å²) in [6, 6.07) is 7.45. The minimum absolute atomic E-state index is 0. The van der Waals surface area contributed by atoms with Crippen molar-refractivity contribution in [3.8, 4) is 0 Å². The van der Waals surface area contributed by atoms with Crippen molar-refractivity contribution >= 4 is 34.0 Å². The zero-order chi connectivity index (χ0) is 14.1. The highest BCUT2D eigenvalue weighted by Gasteiger charge is 2.25. The normalized spacial score (nSPS) is 21.2. The number of hydrogen-bond donors (Lipinski definition) is 1. The van der Waals surface area contributed by atoms with Gasteiger partial charge in [0.25, 0.3) is 0 Å². The summed E-state index contributed by atoms with van der Waals surface area (Å²) < 4.78 is 1.30. The lowest BCUT2D eigenvalue weighted by molar-refractivity contribution is 0.123. The van der Waals surface area contributed by atoms with Crippen LogP contribution in [0.25, 0.3) is 10.2 Å². The maximum absolute atomic E-state index is 6.16. The number of likely N-dealkylation sites (tertiary alicyclic amines) is 1. The van der Waals surface area contributed by atoms with E-state index in [0.717, 1.165) is 17.1 Å². The SMILES string of the molecule is Cc1nc2ccc(CN3CCCCC3C(C)N)cc2s1.Cl. The van der Waals surface area contributed by atoms with Crippen molar-refractivity contribution in [3.63, 3.8) is 0 Å². The number of rotatable bonds is 3. The molecule has 1 aromatic carbocycles. The van der Waals surface area contributed by atoms with Crippen molar-refractivity contribution in [1.29, 1.82) is 0 Å². The maximum atomic E-state index is 6.16. The second kappa shape index (κ2) is 7.05. The van der Waals surface area contributed by atoms with Crippen molar-refractivity contribution in [2.24, 2.45) is 5.73 Å². The Labute approximate surface area is 137 Å². The van der Waals surface area contributed by atoms with E-state index < -0.39 is 0 Å². The van der Waals surface area contributed by atoms with E-state index in [4.69, 9.17) is 5.73 Å². The fourth-order valence-corrected chi connectivity index (χ4v) is 4.12. The smallest absolute Gasteiger partial charge is 0.0907 e. The predicted molar refractivity (Wildman–Crippen MR) is 93.3 cm³/mol. The van der Waals surface area contributed by atoms with Crippen molar-refractivity contribution in [2.75, 3.05) is 6.54 Å². The monoisotopic (exact) mass is 325 g/mol. The number of thiazole rings is 1. The molecule has 0 aliphatic carbocycles. The Morgan fingerprint density at radius 2 is 2.24 bits per heavy atom. The Hall–Kier alpha value is -0.680. The first kappa shape index (κ1) is 16.7. The third kappa shape index (κ3) is 3.75. The lowest BCUT2D eigenvalue weighted by Crippen LogP contribution is -2.48. The summed E-state index contributed by atoms with van der Waals surface area (Å²) >= 11 is 1.78. The molecule has 0 radical (unpaired) electrons. The number of nitrogens with two attached hydrogens (primary N) is 1. The number of hydrogen-bond acceptors (Lipinski definition) is 4. The Balaban J connectivity index is 0.00000161. The van der Waals surface area contributed by atoms with E-state index in [2.05, 4.69) is 41.9 Å². The number of benzene rings is 1. The van der Waals surface area contributed by atoms with E-state index in [0.29, 0.717) is 6.04 Å². The van der Waals surface area contributed by atoms with Gasteiger partial charge in [0.15, 0.2) is 0 Å². The number of nitrogens with zero attached hydrogens (tertiary/aromatic N) is 2. The first-order valence-corrected chi connectivity index (χ1v) is 8.31. The van der Waals surface area contributed by atoms with Gasteiger partial charge in [0.2, 0.25) is 0 Å². The van der Waals surface area contributed by atoms with Gasteiger partial charge in [-0.2, -0.15) is 0 Å². The van der Waals surface area contributed by atoms with Crippen molar-refractivity contribution < 1.29 is 0 Å². The molecule has 1 fully saturated rings. The molecule has 3 rings (SSSR count). The molecule has 2 aromatic rings. The number of fused-ring (bicyclic) bond motifs is 1. The van der Waals surface area contributed by atoms with E-state index in [-0.39, 0.29) is 18.4 Å². The van der Waals surface area contributed by atoms with Crippen LogP contribution in [0.1, 0.15) is 36.8 Å². The Morgan fingerprint density at radius 1 is 1.43 bits per heavy atom. The molecule has 1 saturated heterocycles. The fourth-order valence-electron chi connectivity index (χ4n) is 3.23. The Kier molecular flexibility index (Phi) is 5.60. The van der Waals surface area contributed by atoms with Crippen LogP contribution in [0.3, 0.4) is 0 Å². The summed E-state index contributed by atoms with van der Waals surface area (Å²) in [7, 11) is 0. The highest BCUT2D eigenvalue weighted by Crippen LogP contribution is 2.25. The van der Waals surface area contributed by atoms with Crippen molar-refractivity contribution in [1.82, 2.24) is 9.88 Å². The van der Waals surface area contributed by atoms with Gasteiger partial charge >= 0.3 is 0 Å². The van der Waals surface area contributed by atoms with Crippen LogP contribution in [0.15, 0.2) is 18.2 Å². The molecule has 2 N–H and O–H groups in total. The average molecular weight is 326 g/mol. The number of aryl methyl sites for hydroxylation is 1. The minimum Gasteiger partial charge on any atom is -0.327 e. The van der Waals surface area contributed by atoms with Crippen LogP contribution in [-0.4, -0.2) is 28.5 Å². The molecule has 0 bridgehead atoms. The molecule has 1 aliphatic heterocycles. The quantitative estimate of drug-likeness (QED) is 0.935. The largest absolute Gasteiger partial charge is 0.327 e. The van der Waals surface area contributed by atoms with E-state index in [1.165, 1.54) is 36.1 Å². The number of piperidine rings is 1. The van der Waals surface area contributed by atoms with E-state index >= 15 is 0 Å². The van der Waals surface area contributed by atoms with E-state index in [1.807, 2.05) is 0 Å². The van der Waals surface area contributed by atoms with Crippen LogP contribution in [0.2, 0.25) is 0 Å². The summed E-state index contributed by atoms with van der Waals surface area (Å²) in [5, 5.41) is 1.14.